The van der Waals surface area contributed by atoms with Gasteiger partial charge in [0.15, 0.2) is 11.5 Å². The average molecular weight is 487 g/mol. The van der Waals surface area contributed by atoms with Crippen LogP contribution < -0.4 is 10.2 Å². The third kappa shape index (κ3) is 4.09. The number of hydrogen-bond donors (Lipinski definition) is 1. The zero-order chi connectivity index (χ0) is 25.0. The summed E-state index contributed by atoms with van der Waals surface area (Å²) in [7, 11) is 0. The van der Waals surface area contributed by atoms with Crippen molar-refractivity contribution in [3.05, 3.63) is 41.5 Å². The van der Waals surface area contributed by atoms with Crippen LogP contribution in [-0.4, -0.2) is 55.1 Å². The minimum Gasteiger partial charge on any atom is -0.383 e. The number of piperidine rings is 2. The molecule has 6 nitrogen and oxygen atoms in total. The third-order valence-electron chi connectivity index (χ3n) is 8.28. The van der Waals surface area contributed by atoms with Gasteiger partial charge in [0.1, 0.15) is 5.52 Å². The summed E-state index contributed by atoms with van der Waals surface area (Å²) >= 11 is 0. The Morgan fingerprint density at radius 3 is 2.28 bits per heavy atom. The third-order valence-corrected chi connectivity index (χ3v) is 8.28. The molecule has 3 aromatic rings. The first-order valence-electron chi connectivity index (χ1n) is 13.7. The predicted octanol–water partition coefficient (Wildman–Crippen LogP) is 5.91. The van der Waals surface area contributed by atoms with Crippen LogP contribution in [0, 0.1) is 23.7 Å². The van der Waals surface area contributed by atoms with Crippen LogP contribution in [0.3, 0.4) is 0 Å². The van der Waals surface area contributed by atoms with Crippen LogP contribution in [0.4, 0.5) is 11.4 Å². The summed E-state index contributed by atoms with van der Waals surface area (Å²) in [6, 6.07) is 9.92. The Morgan fingerprint density at radius 1 is 0.944 bits per heavy atom. The van der Waals surface area contributed by atoms with E-state index in [4.69, 9.17) is 4.52 Å². The first-order chi connectivity index (χ1) is 17.4. The van der Waals surface area contributed by atoms with Crippen LogP contribution in [0.15, 0.2) is 34.9 Å². The number of hydrogen-bond acceptors (Lipinski definition) is 6. The van der Waals surface area contributed by atoms with Gasteiger partial charge >= 0.3 is 0 Å². The number of likely N-dealkylation sites (tertiary alicyclic amines) is 1. The Kier molecular flexibility index (Phi) is 6.03. The maximum atomic E-state index is 13.8. The maximum absolute atomic E-state index is 13.8. The maximum Gasteiger partial charge on any atom is 0.196 e. The van der Waals surface area contributed by atoms with Gasteiger partial charge in [0.25, 0.3) is 0 Å². The molecule has 6 rings (SSSR count). The molecule has 190 valence electrons. The van der Waals surface area contributed by atoms with Crippen molar-refractivity contribution in [2.75, 3.05) is 49.5 Å². The molecule has 36 heavy (non-hydrogen) atoms. The van der Waals surface area contributed by atoms with Crippen molar-refractivity contribution in [1.29, 1.82) is 0 Å². The zero-order valence-corrected chi connectivity index (χ0v) is 22.0. The second-order valence-corrected chi connectivity index (χ2v) is 11.9. The highest BCUT2D eigenvalue weighted by atomic mass is 16.5. The van der Waals surface area contributed by atoms with Crippen molar-refractivity contribution in [3.8, 4) is 11.3 Å². The quantitative estimate of drug-likeness (QED) is 0.378. The van der Waals surface area contributed by atoms with Crippen LogP contribution in [0.2, 0.25) is 0 Å². The molecule has 0 bridgehead atoms. The lowest BCUT2D eigenvalue weighted by atomic mass is 9.85. The van der Waals surface area contributed by atoms with E-state index in [1.165, 1.54) is 12.8 Å². The number of benzene rings is 2. The number of anilines is 2. The van der Waals surface area contributed by atoms with Gasteiger partial charge < -0.3 is 19.6 Å². The molecule has 2 aliphatic heterocycles. The predicted molar refractivity (Wildman–Crippen MR) is 146 cm³/mol. The van der Waals surface area contributed by atoms with Crippen molar-refractivity contribution in [2.24, 2.45) is 23.7 Å². The molecule has 2 fully saturated rings. The van der Waals surface area contributed by atoms with Gasteiger partial charge in [-0.1, -0.05) is 57.1 Å². The molecule has 0 radical (unpaired) electrons. The van der Waals surface area contributed by atoms with Crippen molar-refractivity contribution in [3.63, 3.8) is 0 Å². The molecule has 2 aromatic carbocycles. The van der Waals surface area contributed by atoms with Crippen LogP contribution in [0.5, 0.6) is 0 Å². The average Bonchev–Trinajstić information content (AvgIpc) is 3.27. The number of nitrogens with one attached hydrogen (secondary N) is 1. The van der Waals surface area contributed by atoms with E-state index in [0.29, 0.717) is 23.0 Å². The van der Waals surface area contributed by atoms with Gasteiger partial charge in [-0.3, -0.25) is 4.79 Å². The van der Waals surface area contributed by atoms with Crippen molar-refractivity contribution in [1.82, 2.24) is 10.1 Å². The van der Waals surface area contributed by atoms with Crippen molar-refractivity contribution < 1.29 is 9.32 Å². The van der Waals surface area contributed by atoms with Crippen LogP contribution in [0.1, 0.15) is 56.5 Å². The standard InChI is InChI=1S/C30H38N4O2/c1-18-11-19(2)15-33(14-18)10-9-31-24-13-25(34-16-20(3)12-21(4)17-34)28-27-26(24)29(35)22-7-5-6-8-23(22)30(27)36-32-28/h5-8,13,18-21,31H,9-12,14-17H2,1-4H3/t18-,19+,20-,21+. The van der Waals surface area contributed by atoms with E-state index >= 15 is 0 Å². The fraction of sp³-hybridized carbons (Fsp3) is 0.533. The molecule has 3 heterocycles. The fourth-order valence-electron chi connectivity index (χ4n) is 7.11. The number of nitrogens with zero attached hydrogens (tertiary/aromatic N) is 3. The van der Waals surface area contributed by atoms with E-state index in [1.807, 2.05) is 24.3 Å². The zero-order valence-electron chi connectivity index (χ0n) is 22.0. The second-order valence-electron chi connectivity index (χ2n) is 11.9. The molecule has 1 N–H and O–H groups in total. The van der Waals surface area contributed by atoms with Gasteiger partial charge in [-0.25, -0.2) is 0 Å². The molecular weight excluding hydrogens is 448 g/mol. The number of carbonyl (C=O) groups excluding carboxylic acids is 1. The first kappa shape index (κ1) is 23.5. The van der Waals surface area contributed by atoms with E-state index in [0.717, 1.165) is 84.7 Å². The van der Waals surface area contributed by atoms with Gasteiger partial charge in [0.2, 0.25) is 0 Å². The summed E-state index contributed by atoms with van der Waals surface area (Å²) in [5, 5.41) is 9.11. The SMILES string of the molecule is C[C@@H]1C[C@H](C)CN(CCNc2cc(N3C[C@H](C)C[C@H](C)C3)c3noc4c3c2C(=O)c2ccccc2-4)C1. The fourth-order valence-corrected chi connectivity index (χ4v) is 7.11. The normalized spacial score (nSPS) is 26.3. The monoisotopic (exact) mass is 486 g/mol. The second kappa shape index (κ2) is 9.22. The first-order valence-corrected chi connectivity index (χ1v) is 13.7. The van der Waals surface area contributed by atoms with Crippen molar-refractivity contribution >= 4 is 28.1 Å². The number of aromatic nitrogens is 1. The topological polar surface area (TPSA) is 61.6 Å². The minimum absolute atomic E-state index is 0.0564. The lowest BCUT2D eigenvalue weighted by molar-refractivity contribution is 0.104. The minimum atomic E-state index is 0.0564. The number of rotatable bonds is 5. The summed E-state index contributed by atoms with van der Waals surface area (Å²) in [6.07, 6.45) is 2.55. The largest absolute Gasteiger partial charge is 0.383 e. The summed E-state index contributed by atoms with van der Waals surface area (Å²) in [6.45, 7) is 15.4. The Bertz CT molecular complexity index is 1280. The van der Waals surface area contributed by atoms with E-state index in [9.17, 15) is 4.79 Å². The van der Waals surface area contributed by atoms with Crippen LogP contribution in [-0.2, 0) is 0 Å². The summed E-state index contributed by atoms with van der Waals surface area (Å²) in [4.78, 5) is 18.8. The van der Waals surface area contributed by atoms with Gasteiger partial charge in [-0.2, -0.15) is 0 Å². The van der Waals surface area contributed by atoms with E-state index in [1.54, 1.807) is 0 Å². The molecule has 1 aromatic heterocycles. The van der Waals surface area contributed by atoms with Gasteiger partial charge in [0.05, 0.1) is 16.6 Å². The Labute approximate surface area is 214 Å². The molecule has 4 atom stereocenters. The number of carbonyl (C=O) groups is 1. The summed E-state index contributed by atoms with van der Waals surface area (Å²) in [5.74, 6) is 3.48. The molecule has 0 saturated carbocycles. The number of fused-ring (bicyclic) bond motifs is 2. The van der Waals surface area contributed by atoms with Gasteiger partial charge in [-0.05, 0) is 42.6 Å². The lowest BCUT2D eigenvalue weighted by Gasteiger charge is -2.37. The highest BCUT2D eigenvalue weighted by molar-refractivity contribution is 6.28. The summed E-state index contributed by atoms with van der Waals surface area (Å²) < 4.78 is 5.97. The number of ketones is 1. The molecule has 2 saturated heterocycles. The van der Waals surface area contributed by atoms with Crippen LogP contribution >= 0.6 is 0 Å². The Hall–Kier alpha value is -2.86. The molecule has 0 unspecified atom stereocenters. The molecule has 1 aliphatic carbocycles. The van der Waals surface area contributed by atoms with E-state index < -0.39 is 0 Å². The van der Waals surface area contributed by atoms with Crippen LogP contribution in [0.25, 0.3) is 22.2 Å². The Morgan fingerprint density at radius 2 is 1.58 bits per heavy atom. The summed E-state index contributed by atoms with van der Waals surface area (Å²) in [5.41, 5.74) is 5.05. The molecular formula is C30H38N4O2. The van der Waals surface area contributed by atoms with E-state index in [2.05, 4.69) is 54.0 Å². The smallest absolute Gasteiger partial charge is 0.196 e. The highest BCUT2D eigenvalue weighted by Gasteiger charge is 2.34. The lowest BCUT2D eigenvalue weighted by Crippen LogP contribution is -2.41. The molecule has 0 spiro atoms. The highest BCUT2D eigenvalue weighted by Crippen LogP contribution is 2.46. The van der Waals surface area contributed by atoms with Gasteiger partial charge in [0, 0.05) is 56.1 Å². The van der Waals surface area contributed by atoms with Crippen molar-refractivity contribution in [2.45, 2.75) is 40.5 Å². The molecule has 0 amide bonds. The molecule has 6 heteroatoms. The molecule has 3 aliphatic rings. The van der Waals surface area contributed by atoms with Gasteiger partial charge in [-0.15, -0.1) is 0 Å². The Balaban J connectivity index is 1.40. The van der Waals surface area contributed by atoms with E-state index in [-0.39, 0.29) is 5.78 Å².